The number of rotatable bonds is 7. The Labute approximate surface area is 217 Å². The number of fused-ring (bicyclic) bond motifs is 5. The minimum atomic E-state index is -0.0558. The second-order valence-electron chi connectivity index (χ2n) is 13.2. The molecule has 3 heteroatoms. The van der Waals surface area contributed by atoms with Gasteiger partial charge in [0.25, 0.3) is 0 Å². The quantitative estimate of drug-likeness (QED) is 0.133. The van der Waals surface area contributed by atoms with Gasteiger partial charge in [-0.15, -0.1) is 0 Å². The molecule has 0 spiro atoms. The molecular weight excluding hydrogens is 519 g/mol. The third-order valence-corrected chi connectivity index (χ3v) is 11.4. The average Bonchev–Trinajstić information content (AvgIpc) is 3.11. The highest BCUT2D eigenvalue weighted by atomic mass is 127. The Morgan fingerprint density at radius 1 is 1.06 bits per heavy atom. The van der Waals surface area contributed by atoms with Crippen LogP contribution in [0.25, 0.3) is 0 Å². The minimum Gasteiger partial charge on any atom is -0.461 e. The molecule has 0 aromatic heterocycles. The maximum absolute atomic E-state index is 12.2. The summed E-state index contributed by atoms with van der Waals surface area (Å²) in [6, 6.07) is 0. The first-order valence-electron chi connectivity index (χ1n) is 14.1. The van der Waals surface area contributed by atoms with Gasteiger partial charge in [-0.05, 0) is 98.2 Å². The van der Waals surface area contributed by atoms with E-state index in [0.29, 0.717) is 10.8 Å². The van der Waals surface area contributed by atoms with Crippen molar-refractivity contribution in [1.82, 2.24) is 0 Å². The van der Waals surface area contributed by atoms with Crippen molar-refractivity contribution in [3.05, 3.63) is 11.6 Å². The van der Waals surface area contributed by atoms with Crippen molar-refractivity contribution >= 4 is 28.6 Å². The number of allylic oxidation sites excluding steroid dienone is 1. The van der Waals surface area contributed by atoms with Gasteiger partial charge in [0, 0.05) is 6.42 Å². The highest BCUT2D eigenvalue weighted by Crippen LogP contribution is 2.67. The first-order valence-corrected chi connectivity index (χ1v) is 15.3. The smallest absolute Gasteiger partial charge is 0.318 e. The fourth-order valence-electron chi connectivity index (χ4n) is 9.01. The number of ether oxygens (including phenoxy) is 1. The largest absolute Gasteiger partial charge is 0.461 e. The van der Waals surface area contributed by atoms with Gasteiger partial charge in [-0.1, -0.05) is 88.1 Å². The predicted octanol–water partition coefficient (Wildman–Crippen LogP) is 8.76. The zero-order chi connectivity index (χ0) is 24.0. The minimum absolute atomic E-state index is 0.0357. The molecule has 0 aromatic rings. The molecule has 188 valence electrons. The summed E-state index contributed by atoms with van der Waals surface area (Å²) in [4.78, 5) is 12.2. The molecule has 9 atom stereocenters. The molecular formula is C30H49IO2. The molecule has 3 saturated carbocycles. The molecule has 0 saturated heterocycles. The summed E-state index contributed by atoms with van der Waals surface area (Å²) in [5.41, 5.74) is 2.52. The Balaban J connectivity index is 1.45. The molecule has 0 radical (unpaired) electrons. The SMILES string of the molecule is CC(C)CCC[C@H](C)[C@H]1CC[C@H]2[C@@H]3CC=C4C[C@@H](OC(=O)[C@@H](C)I)CC[C@]4(C)[C@H]3CC[C@]12C. The van der Waals surface area contributed by atoms with Gasteiger partial charge < -0.3 is 4.74 Å². The number of halogens is 1. The van der Waals surface area contributed by atoms with Crippen molar-refractivity contribution < 1.29 is 9.53 Å². The summed E-state index contributed by atoms with van der Waals surface area (Å²) in [5.74, 6) is 5.24. The molecule has 3 fully saturated rings. The summed E-state index contributed by atoms with van der Waals surface area (Å²) in [6.07, 6.45) is 17.2. The zero-order valence-electron chi connectivity index (χ0n) is 22.2. The molecule has 4 aliphatic rings. The van der Waals surface area contributed by atoms with Gasteiger partial charge in [-0.3, -0.25) is 4.79 Å². The maximum atomic E-state index is 12.2. The van der Waals surface area contributed by atoms with Crippen LogP contribution in [0.1, 0.15) is 112 Å². The van der Waals surface area contributed by atoms with Crippen LogP contribution in [0.15, 0.2) is 11.6 Å². The molecule has 2 nitrogen and oxygen atoms in total. The Hall–Kier alpha value is -0.0600. The molecule has 0 aliphatic heterocycles. The number of carbonyl (C=O) groups is 1. The van der Waals surface area contributed by atoms with Crippen molar-refractivity contribution in [3.63, 3.8) is 0 Å². The van der Waals surface area contributed by atoms with Gasteiger partial charge in [0.2, 0.25) is 0 Å². The van der Waals surface area contributed by atoms with Crippen LogP contribution in [-0.2, 0) is 9.53 Å². The van der Waals surface area contributed by atoms with Gasteiger partial charge in [0.05, 0.1) is 0 Å². The monoisotopic (exact) mass is 568 g/mol. The van der Waals surface area contributed by atoms with Gasteiger partial charge >= 0.3 is 5.97 Å². The van der Waals surface area contributed by atoms with Gasteiger partial charge in [-0.25, -0.2) is 0 Å². The van der Waals surface area contributed by atoms with Crippen LogP contribution in [0.3, 0.4) is 0 Å². The number of hydrogen-bond donors (Lipinski definition) is 0. The molecule has 0 N–H and O–H groups in total. The highest BCUT2D eigenvalue weighted by molar-refractivity contribution is 14.1. The van der Waals surface area contributed by atoms with E-state index in [2.05, 4.69) is 63.3 Å². The summed E-state index contributed by atoms with van der Waals surface area (Å²) >= 11 is 2.17. The maximum Gasteiger partial charge on any atom is 0.318 e. The number of alkyl halides is 1. The van der Waals surface area contributed by atoms with Gasteiger partial charge in [0.1, 0.15) is 10.0 Å². The van der Waals surface area contributed by atoms with Crippen LogP contribution >= 0.6 is 22.6 Å². The average molecular weight is 569 g/mol. The second-order valence-corrected chi connectivity index (χ2v) is 15.1. The second kappa shape index (κ2) is 10.1. The Morgan fingerprint density at radius 2 is 1.82 bits per heavy atom. The fourth-order valence-corrected chi connectivity index (χ4v) is 9.16. The van der Waals surface area contributed by atoms with Crippen molar-refractivity contribution in [2.24, 2.45) is 46.3 Å². The van der Waals surface area contributed by atoms with Crippen LogP contribution < -0.4 is 0 Å². The van der Waals surface area contributed by atoms with E-state index in [1.165, 1.54) is 57.8 Å². The lowest BCUT2D eigenvalue weighted by atomic mass is 9.47. The van der Waals surface area contributed by atoms with E-state index in [1.54, 1.807) is 5.57 Å². The predicted molar refractivity (Wildman–Crippen MR) is 146 cm³/mol. The molecule has 4 rings (SSSR count). The Kier molecular flexibility index (Phi) is 7.99. The normalized spacial score (nSPS) is 42.1. The number of hydrogen-bond acceptors (Lipinski definition) is 2. The summed E-state index contributed by atoms with van der Waals surface area (Å²) < 4.78 is 5.81. The van der Waals surface area contributed by atoms with E-state index in [-0.39, 0.29) is 16.0 Å². The molecule has 4 aliphatic carbocycles. The lowest BCUT2D eigenvalue weighted by Crippen LogP contribution is -2.51. The standard InChI is InChI=1S/C30H49IO2/c1-19(2)8-7-9-20(3)25-12-13-26-24-11-10-22-18-23(33-28(32)21(4)31)14-16-29(22,5)27(24)15-17-30(25,26)6/h10,19-21,23-27H,7-9,11-18H2,1-6H3/t20-,21+,23-,24-,25+,26-,27-,29-,30+/m0/s1. The molecule has 0 unspecified atom stereocenters. The van der Waals surface area contributed by atoms with Crippen molar-refractivity contribution in [2.45, 2.75) is 122 Å². The molecule has 33 heavy (non-hydrogen) atoms. The molecule has 0 bridgehead atoms. The molecule has 0 amide bonds. The van der Waals surface area contributed by atoms with Gasteiger partial charge in [-0.2, -0.15) is 0 Å². The highest BCUT2D eigenvalue weighted by Gasteiger charge is 2.59. The summed E-state index contributed by atoms with van der Waals surface area (Å²) in [6.45, 7) is 14.5. The van der Waals surface area contributed by atoms with E-state index in [1.807, 2.05) is 6.92 Å². The first kappa shape index (κ1) is 26.0. The van der Waals surface area contributed by atoms with Crippen LogP contribution in [0.5, 0.6) is 0 Å². The summed E-state index contributed by atoms with van der Waals surface area (Å²) in [7, 11) is 0. The number of carbonyl (C=O) groups excluding carboxylic acids is 1. The zero-order valence-corrected chi connectivity index (χ0v) is 24.3. The van der Waals surface area contributed by atoms with Gasteiger partial charge in [0.15, 0.2) is 0 Å². The Morgan fingerprint density at radius 3 is 2.52 bits per heavy atom. The van der Waals surface area contributed by atoms with Crippen molar-refractivity contribution in [2.75, 3.05) is 0 Å². The Bertz CT molecular complexity index is 742. The van der Waals surface area contributed by atoms with Crippen LogP contribution in [0, 0.1) is 46.3 Å². The van der Waals surface area contributed by atoms with E-state index in [4.69, 9.17) is 4.74 Å². The lowest BCUT2D eigenvalue weighted by Gasteiger charge is -2.58. The van der Waals surface area contributed by atoms with Crippen molar-refractivity contribution in [3.8, 4) is 0 Å². The van der Waals surface area contributed by atoms with Crippen LogP contribution in [0.2, 0.25) is 0 Å². The van der Waals surface area contributed by atoms with Crippen molar-refractivity contribution in [1.29, 1.82) is 0 Å². The molecule has 0 heterocycles. The fraction of sp³-hybridized carbons (Fsp3) is 0.900. The number of esters is 1. The summed E-state index contributed by atoms with van der Waals surface area (Å²) in [5, 5.41) is 0. The topological polar surface area (TPSA) is 26.3 Å². The van der Waals surface area contributed by atoms with E-state index >= 15 is 0 Å². The lowest BCUT2D eigenvalue weighted by molar-refractivity contribution is -0.150. The third kappa shape index (κ3) is 4.96. The third-order valence-electron chi connectivity index (χ3n) is 10.9. The van der Waals surface area contributed by atoms with E-state index in [9.17, 15) is 4.79 Å². The molecule has 0 aromatic carbocycles. The van der Waals surface area contributed by atoms with Crippen LogP contribution in [0.4, 0.5) is 0 Å². The first-order chi connectivity index (χ1) is 15.6. The van der Waals surface area contributed by atoms with E-state index in [0.717, 1.165) is 48.3 Å². The van der Waals surface area contributed by atoms with E-state index < -0.39 is 0 Å². The van der Waals surface area contributed by atoms with Crippen LogP contribution in [-0.4, -0.2) is 16.0 Å².